The van der Waals surface area contributed by atoms with Crippen LogP contribution in [0.1, 0.15) is 20.3 Å². The third-order valence-electron chi connectivity index (χ3n) is 4.94. The standard InChI is InChI=1S/C25H50O14S.Na/c1-3-24(2)25(26)39-21-20-37-17-16-35-13-12-33-9-8-31-5-4-30-6-7-32-10-11-34-14-15-36-18-19-38-22-23-40(27,28)29;/h24H,3-23H2,1-2H3,(H,27,28,29);/q;+1/p-1. The van der Waals surface area contributed by atoms with Crippen molar-refractivity contribution in [2.75, 3.05) is 131 Å². The van der Waals surface area contributed by atoms with E-state index >= 15 is 0 Å². The van der Waals surface area contributed by atoms with E-state index in [1.165, 1.54) is 0 Å². The molecule has 0 bridgehead atoms. The van der Waals surface area contributed by atoms with Crippen molar-refractivity contribution < 1.29 is 94.7 Å². The first-order valence-electron chi connectivity index (χ1n) is 13.7. The maximum absolute atomic E-state index is 11.5. The molecule has 0 aromatic heterocycles. The summed E-state index contributed by atoms with van der Waals surface area (Å²) in [6.07, 6.45) is 0.763. The largest absolute Gasteiger partial charge is 1.00 e. The van der Waals surface area contributed by atoms with Crippen molar-refractivity contribution in [2.45, 2.75) is 20.3 Å². The van der Waals surface area contributed by atoms with Crippen LogP contribution < -0.4 is 29.6 Å². The first kappa shape index (κ1) is 43.1. The summed E-state index contributed by atoms with van der Waals surface area (Å²) in [5.74, 6) is -0.813. The first-order valence-corrected chi connectivity index (χ1v) is 15.2. The van der Waals surface area contributed by atoms with Gasteiger partial charge in [0.15, 0.2) is 0 Å². The van der Waals surface area contributed by atoms with Gasteiger partial charge in [-0.3, -0.25) is 4.79 Å². The quantitative estimate of drug-likeness (QED) is 0.0326. The number of ether oxygens (including phenoxy) is 10. The molecule has 16 heteroatoms. The van der Waals surface area contributed by atoms with Crippen molar-refractivity contribution >= 4 is 16.1 Å². The van der Waals surface area contributed by atoms with E-state index in [1.807, 2.05) is 13.8 Å². The SMILES string of the molecule is CCC(C)C(=O)OCCOCCOCCOCCOCCOCCOCCOCCOCCOCCS(=O)(=O)[O-].[Na+]. The molecule has 0 radical (unpaired) electrons. The first-order chi connectivity index (χ1) is 19.4. The predicted octanol–water partition coefficient (Wildman–Crippen LogP) is -2.73. The summed E-state index contributed by atoms with van der Waals surface area (Å²) in [6, 6.07) is 0. The fourth-order valence-electron chi connectivity index (χ4n) is 2.53. The molecule has 41 heavy (non-hydrogen) atoms. The van der Waals surface area contributed by atoms with E-state index in [0.717, 1.165) is 6.42 Å². The average Bonchev–Trinajstić information content (AvgIpc) is 2.92. The molecule has 0 aliphatic carbocycles. The van der Waals surface area contributed by atoms with Gasteiger partial charge in [-0.15, -0.1) is 0 Å². The number of hydrogen-bond acceptors (Lipinski definition) is 14. The number of rotatable bonds is 32. The van der Waals surface area contributed by atoms with Gasteiger partial charge in [-0.1, -0.05) is 13.8 Å². The second-order valence-corrected chi connectivity index (χ2v) is 9.77. The minimum absolute atomic E-state index is 0. The van der Waals surface area contributed by atoms with Crippen LogP contribution in [0.5, 0.6) is 0 Å². The molecule has 0 saturated heterocycles. The van der Waals surface area contributed by atoms with Crippen molar-refractivity contribution in [3.8, 4) is 0 Å². The Hall–Kier alpha value is 0.0200. The maximum atomic E-state index is 11.5. The van der Waals surface area contributed by atoms with Crippen LogP contribution in [0.4, 0.5) is 0 Å². The number of esters is 1. The maximum Gasteiger partial charge on any atom is 1.00 e. The summed E-state index contributed by atoms with van der Waals surface area (Å²) < 4.78 is 84.2. The summed E-state index contributed by atoms with van der Waals surface area (Å²) in [5.41, 5.74) is 0. The van der Waals surface area contributed by atoms with Gasteiger partial charge in [0.1, 0.15) is 6.61 Å². The third kappa shape index (κ3) is 36.1. The van der Waals surface area contributed by atoms with Gasteiger partial charge in [-0.25, -0.2) is 8.42 Å². The fraction of sp³-hybridized carbons (Fsp3) is 0.960. The van der Waals surface area contributed by atoms with E-state index in [-0.39, 0.29) is 61.3 Å². The normalized spacial score (nSPS) is 12.3. The second kappa shape index (κ2) is 32.9. The number of hydrogen-bond donors (Lipinski definition) is 0. The summed E-state index contributed by atoms with van der Waals surface area (Å²) >= 11 is 0. The van der Waals surface area contributed by atoms with E-state index in [4.69, 9.17) is 47.4 Å². The van der Waals surface area contributed by atoms with Gasteiger partial charge >= 0.3 is 35.5 Å². The van der Waals surface area contributed by atoms with Gasteiger partial charge in [0, 0.05) is 0 Å². The van der Waals surface area contributed by atoms with Gasteiger partial charge in [0.25, 0.3) is 0 Å². The minimum atomic E-state index is -4.24. The zero-order valence-corrected chi connectivity index (χ0v) is 27.9. The van der Waals surface area contributed by atoms with E-state index in [9.17, 15) is 17.8 Å². The molecule has 0 amide bonds. The van der Waals surface area contributed by atoms with Crippen LogP contribution in [0.15, 0.2) is 0 Å². The van der Waals surface area contributed by atoms with Crippen molar-refractivity contribution in [1.29, 1.82) is 0 Å². The van der Waals surface area contributed by atoms with Crippen molar-refractivity contribution in [2.24, 2.45) is 5.92 Å². The van der Waals surface area contributed by atoms with Gasteiger partial charge in [-0.05, 0) is 6.42 Å². The van der Waals surface area contributed by atoms with Crippen LogP contribution >= 0.6 is 0 Å². The molecule has 0 aliphatic rings. The Bertz CT molecular complexity index is 656. The number of carbonyl (C=O) groups is 1. The van der Waals surface area contributed by atoms with Gasteiger partial charge in [0.2, 0.25) is 0 Å². The Morgan fingerprint density at radius 1 is 0.537 bits per heavy atom. The molecule has 0 aliphatic heterocycles. The van der Waals surface area contributed by atoms with Crippen molar-refractivity contribution in [1.82, 2.24) is 0 Å². The molecule has 0 aromatic carbocycles. The zero-order chi connectivity index (χ0) is 29.6. The van der Waals surface area contributed by atoms with Gasteiger partial charge in [-0.2, -0.15) is 0 Å². The molecule has 0 rings (SSSR count). The minimum Gasteiger partial charge on any atom is -0.748 e. The van der Waals surface area contributed by atoms with Gasteiger partial charge < -0.3 is 51.9 Å². The Morgan fingerprint density at radius 3 is 1.02 bits per heavy atom. The Kier molecular flexibility index (Phi) is 34.6. The third-order valence-corrected chi connectivity index (χ3v) is 5.61. The molecule has 0 aromatic rings. The molecular formula is C25H49NaO14S. The Morgan fingerprint density at radius 2 is 0.780 bits per heavy atom. The molecule has 1 atom stereocenters. The van der Waals surface area contributed by atoms with Crippen LogP contribution in [0.25, 0.3) is 0 Å². The predicted molar refractivity (Wildman–Crippen MR) is 142 cm³/mol. The number of carbonyl (C=O) groups excluding carboxylic acids is 1. The van der Waals surface area contributed by atoms with E-state index in [2.05, 4.69) is 0 Å². The monoisotopic (exact) mass is 628 g/mol. The van der Waals surface area contributed by atoms with E-state index < -0.39 is 15.9 Å². The molecule has 0 N–H and O–H groups in total. The van der Waals surface area contributed by atoms with E-state index in [1.54, 1.807) is 0 Å². The summed E-state index contributed by atoms with van der Waals surface area (Å²) in [6.45, 7) is 11.0. The van der Waals surface area contributed by atoms with Crippen molar-refractivity contribution in [3.05, 3.63) is 0 Å². The second-order valence-electron chi connectivity index (χ2n) is 8.25. The van der Waals surface area contributed by atoms with Crippen LogP contribution in [-0.4, -0.2) is 150 Å². The van der Waals surface area contributed by atoms with Crippen molar-refractivity contribution in [3.63, 3.8) is 0 Å². The Labute approximate surface area is 267 Å². The molecule has 0 heterocycles. The Balaban J connectivity index is 0. The zero-order valence-electron chi connectivity index (χ0n) is 25.1. The average molecular weight is 629 g/mol. The molecule has 0 fully saturated rings. The van der Waals surface area contributed by atoms with E-state index in [0.29, 0.717) is 106 Å². The van der Waals surface area contributed by atoms with Crippen LogP contribution in [0, 0.1) is 5.92 Å². The molecule has 0 spiro atoms. The molecule has 1 unspecified atom stereocenters. The smallest absolute Gasteiger partial charge is 0.748 e. The molecular weight excluding hydrogens is 579 g/mol. The van der Waals surface area contributed by atoms with Crippen LogP contribution in [0.3, 0.4) is 0 Å². The summed E-state index contributed by atoms with van der Waals surface area (Å²) in [4.78, 5) is 11.5. The fourth-order valence-corrected chi connectivity index (χ4v) is 2.85. The van der Waals surface area contributed by atoms with Crippen LogP contribution in [-0.2, 0) is 62.3 Å². The van der Waals surface area contributed by atoms with Crippen LogP contribution in [0.2, 0.25) is 0 Å². The molecule has 0 saturated carbocycles. The molecule has 240 valence electrons. The van der Waals surface area contributed by atoms with Gasteiger partial charge in [0.05, 0.1) is 141 Å². The summed E-state index contributed by atoms with van der Waals surface area (Å²) in [5, 5.41) is 0. The summed E-state index contributed by atoms with van der Waals surface area (Å²) in [7, 11) is -4.24. The molecule has 14 nitrogen and oxygen atoms in total. The topological polar surface area (TPSA) is 167 Å².